The van der Waals surface area contributed by atoms with Crippen LogP contribution in [0.3, 0.4) is 0 Å². The Morgan fingerprint density at radius 1 is 1.30 bits per heavy atom. The van der Waals surface area contributed by atoms with Crippen LogP contribution in [0.15, 0.2) is 18.2 Å². The smallest absolute Gasteiger partial charge is 0.358 e. The molecule has 0 aliphatic carbocycles. The first-order chi connectivity index (χ1) is 9.18. The minimum atomic E-state index is -4.89. The third kappa shape index (κ3) is 3.46. The number of halogens is 4. The number of carbonyl (C=O) groups excluding carboxylic acids is 2. The van der Waals surface area contributed by atoms with E-state index in [1.54, 1.807) is 0 Å². The van der Waals surface area contributed by atoms with Gasteiger partial charge in [-0.25, -0.2) is 4.39 Å². The summed E-state index contributed by atoms with van der Waals surface area (Å²) < 4.78 is 51.3. The minimum absolute atomic E-state index is 0.384. The molecule has 0 saturated carbocycles. The first kappa shape index (κ1) is 15.9. The van der Waals surface area contributed by atoms with Gasteiger partial charge >= 0.3 is 6.18 Å². The molecule has 0 spiro atoms. The van der Waals surface area contributed by atoms with Crippen LogP contribution in [0, 0.1) is 5.82 Å². The van der Waals surface area contributed by atoms with Crippen LogP contribution in [0.4, 0.5) is 17.6 Å². The highest BCUT2D eigenvalue weighted by Crippen LogP contribution is 2.32. The second-order valence-corrected chi connectivity index (χ2v) is 4.00. The zero-order valence-electron chi connectivity index (χ0n) is 10.7. The van der Waals surface area contributed by atoms with Crippen molar-refractivity contribution >= 4 is 11.8 Å². The Morgan fingerprint density at radius 2 is 1.90 bits per heavy atom. The molecule has 1 rings (SSSR count). The second-order valence-electron chi connectivity index (χ2n) is 4.00. The van der Waals surface area contributed by atoms with Crippen molar-refractivity contribution in [2.75, 3.05) is 20.6 Å². The van der Waals surface area contributed by atoms with E-state index < -0.39 is 34.9 Å². The van der Waals surface area contributed by atoms with Crippen LogP contribution < -0.4 is 5.32 Å². The summed E-state index contributed by atoms with van der Waals surface area (Å²) in [5.41, 5.74) is -2.25. The highest BCUT2D eigenvalue weighted by Gasteiger charge is 2.36. The molecule has 0 heterocycles. The van der Waals surface area contributed by atoms with E-state index in [1.807, 2.05) is 0 Å². The fraction of sp³-hybridized carbons (Fsp3) is 0.333. The molecule has 8 heteroatoms. The largest absolute Gasteiger partial charge is 0.419 e. The molecule has 0 aliphatic heterocycles. The first-order valence-electron chi connectivity index (χ1n) is 5.50. The number of rotatable bonds is 3. The maximum atomic E-state index is 13.7. The third-order valence-electron chi connectivity index (χ3n) is 2.54. The number of nitrogens with one attached hydrogen (secondary N) is 1. The number of carbonyl (C=O) groups is 2. The van der Waals surface area contributed by atoms with E-state index in [-0.39, 0.29) is 6.54 Å². The number of alkyl halides is 3. The van der Waals surface area contributed by atoms with Crippen molar-refractivity contribution in [2.24, 2.45) is 0 Å². The van der Waals surface area contributed by atoms with Crippen molar-refractivity contribution in [2.45, 2.75) is 6.18 Å². The van der Waals surface area contributed by atoms with Gasteiger partial charge in [-0.15, -0.1) is 0 Å². The summed E-state index contributed by atoms with van der Waals surface area (Å²) in [5.74, 6) is -3.17. The Labute approximate surface area is 112 Å². The van der Waals surface area contributed by atoms with Gasteiger partial charge in [0.15, 0.2) is 0 Å². The average Bonchev–Trinajstić information content (AvgIpc) is 2.36. The maximum Gasteiger partial charge on any atom is 0.419 e. The van der Waals surface area contributed by atoms with E-state index in [1.165, 1.54) is 14.1 Å². The molecule has 110 valence electrons. The quantitative estimate of drug-likeness (QED) is 0.861. The number of nitrogens with zero attached hydrogens (tertiary/aromatic N) is 1. The summed E-state index contributed by atoms with van der Waals surface area (Å²) >= 11 is 0. The fourth-order valence-corrected chi connectivity index (χ4v) is 1.49. The van der Waals surface area contributed by atoms with Gasteiger partial charge in [0.1, 0.15) is 5.82 Å². The highest BCUT2D eigenvalue weighted by atomic mass is 19.4. The molecule has 0 atom stereocenters. The Bertz CT molecular complexity index is 529. The van der Waals surface area contributed by atoms with Crippen LogP contribution in [0.2, 0.25) is 0 Å². The van der Waals surface area contributed by atoms with Crippen molar-refractivity contribution < 1.29 is 27.2 Å². The van der Waals surface area contributed by atoms with Gasteiger partial charge in [-0.3, -0.25) is 9.59 Å². The molecule has 0 saturated heterocycles. The van der Waals surface area contributed by atoms with Crippen molar-refractivity contribution in [3.63, 3.8) is 0 Å². The van der Waals surface area contributed by atoms with E-state index in [9.17, 15) is 27.2 Å². The molecular formula is C12H12F4N2O2. The monoisotopic (exact) mass is 292 g/mol. The number of amides is 2. The lowest BCUT2D eigenvalue weighted by Crippen LogP contribution is -2.37. The number of benzene rings is 1. The Morgan fingerprint density at radius 3 is 2.40 bits per heavy atom. The Balaban J connectivity index is 3.09. The summed E-state index contributed by atoms with van der Waals surface area (Å²) in [6.07, 6.45) is -4.89. The highest BCUT2D eigenvalue weighted by molar-refractivity contribution is 5.96. The van der Waals surface area contributed by atoms with Gasteiger partial charge in [-0.1, -0.05) is 6.07 Å². The fourth-order valence-electron chi connectivity index (χ4n) is 1.49. The summed E-state index contributed by atoms with van der Waals surface area (Å²) in [6, 6.07) is 2.42. The number of likely N-dealkylation sites (N-methyl/N-ethyl adjacent to an activating group) is 2. The topological polar surface area (TPSA) is 49.4 Å². The van der Waals surface area contributed by atoms with Crippen molar-refractivity contribution in [3.05, 3.63) is 35.1 Å². The van der Waals surface area contributed by atoms with Crippen LogP contribution in [-0.2, 0) is 11.0 Å². The molecule has 0 aromatic heterocycles. The Kier molecular flexibility index (Phi) is 4.69. The molecule has 1 N–H and O–H groups in total. The predicted octanol–water partition coefficient (Wildman–Crippen LogP) is 1.66. The molecule has 2 amide bonds. The SMILES string of the molecule is CNC(=O)CN(C)C(=O)c1cccc(C(F)(F)F)c1F. The number of hydrogen-bond acceptors (Lipinski definition) is 2. The Hall–Kier alpha value is -2.12. The van der Waals surface area contributed by atoms with Crippen LogP contribution in [0.5, 0.6) is 0 Å². The summed E-state index contributed by atoms with van der Waals surface area (Å²) in [7, 11) is 2.53. The normalized spacial score (nSPS) is 11.1. The zero-order valence-corrected chi connectivity index (χ0v) is 10.7. The zero-order chi connectivity index (χ0) is 15.5. The van der Waals surface area contributed by atoms with E-state index in [2.05, 4.69) is 5.32 Å². The van der Waals surface area contributed by atoms with Crippen LogP contribution in [0.1, 0.15) is 15.9 Å². The van der Waals surface area contributed by atoms with Gasteiger partial charge < -0.3 is 10.2 Å². The lowest BCUT2D eigenvalue weighted by atomic mass is 10.1. The van der Waals surface area contributed by atoms with Gasteiger partial charge in [0.25, 0.3) is 5.91 Å². The molecule has 0 bridgehead atoms. The van der Waals surface area contributed by atoms with Crippen molar-refractivity contribution in [3.8, 4) is 0 Å². The van der Waals surface area contributed by atoms with Gasteiger partial charge in [0.2, 0.25) is 5.91 Å². The summed E-state index contributed by atoms with van der Waals surface area (Å²) in [6.45, 7) is -0.384. The van der Waals surface area contributed by atoms with Crippen LogP contribution >= 0.6 is 0 Å². The minimum Gasteiger partial charge on any atom is -0.358 e. The molecule has 4 nitrogen and oxygen atoms in total. The molecule has 0 aliphatic rings. The third-order valence-corrected chi connectivity index (χ3v) is 2.54. The van der Waals surface area contributed by atoms with Gasteiger partial charge in [-0.05, 0) is 12.1 Å². The first-order valence-corrected chi connectivity index (χ1v) is 5.50. The van der Waals surface area contributed by atoms with Crippen molar-refractivity contribution in [1.82, 2.24) is 10.2 Å². The van der Waals surface area contributed by atoms with E-state index in [4.69, 9.17) is 0 Å². The van der Waals surface area contributed by atoms with Crippen LogP contribution in [-0.4, -0.2) is 37.4 Å². The van der Waals surface area contributed by atoms with E-state index in [0.29, 0.717) is 6.07 Å². The molecule has 1 aromatic carbocycles. The van der Waals surface area contributed by atoms with Crippen molar-refractivity contribution in [1.29, 1.82) is 0 Å². The van der Waals surface area contributed by atoms with E-state index >= 15 is 0 Å². The predicted molar refractivity (Wildman–Crippen MR) is 62.4 cm³/mol. The summed E-state index contributed by atoms with van der Waals surface area (Å²) in [4.78, 5) is 23.8. The lowest BCUT2D eigenvalue weighted by Gasteiger charge is -2.17. The summed E-state index contributed by atoms with van der Waals surface area (Å²) in [5, 5.41) is 2.25. The lowest BCUT2D eigenvalue weighted by molar-refractivity contribution is -0.140. The molecule has 20 heavy (non-hydrogen) atoms. The molecule has 0 fully saturated rings. The molecular weight excluding hydrogens is 280 g/mol. The standard InChI is InChI=1S/C12H12F4N2O2/c1-17-9(19)6-18(2)11(20)7-4-3-5-8(10(7)13)12(14,15)16/h3-5H,6H2,1-2H3,(H,17,19). The van der Waals surface area contributed by atoms with Gasteiger partial charge in [0, 0.05) is 14.1 Å². The maximum absolute atomic E-state index is 13.7. The second kappa shape index (κ2) is 5.89. The number of hydrogen-bond donors (Lipinski definition) is 1. The van der Waals surface area contributed by atoms with Gasteiger partial charge in [-0.2, -0.15) is 13.2 Å². The van der Waals surface area contributed by atoms with Gasteiger partial charge in [0.05, 0.1) is 17.7 Å². The molecule has 0 unspecified atom stereocenters. The van der Waals surface area contributed by atoms with E-state index in [0.717, 1.165) is 17.0 Å². The van der Waals surface area contributed by atoms with Crippen LogP contribution in [0.25, 0.3) is 0 Å². The molecule has 0 radical (unpaired) electrons. The average molecular weight is 292 g/mol. The molecule has 1 aromatic rings.